The van der Waals surface area contributed by atoms with E-state index in [4.69, 9.17) is 16.3 Å². The van der Waals surface area contributed by atoms with E-state index >= 15 is 0 Å². The molecule has 0 heterocycles. The Kier molecular flexibility index (Phi) is 5.95. The Hall–Kier alpha value is -0.770. The first kappa shape index (κ1) is 14.6. The van der Waals surface area contributed by atoms with Gasteiger partial charge in [-0.25, -0.2) is 0 Å². The molecule has 3 nitrogen and oxygen atoms in total. The molecule has 106 valence electrons. The van der Waals surface area contributed by atoms with Gasteiger partial charge in [0.15, 0.2) is 0 Å². The molecule has 1 atom stereocenters. The van der Waals surface area contributed by atoms with Gasteiger partial charge >= 0.3 is 0 Å². The molecule has 0 amide bonds. The van der Waals surface area contributed by atoms with Crippen molar-refractivity contribution in [2.24, 2.45) is 0 Å². The second-order valence-electron chi connectivity index (χ2n) is 5.13. The van der Waals surface area contributed by atoms with Gasteiger partial charge in [-0.15, -0.1) is 0 Å². The molecule has 0 bridgehead atoms. The zero-order valence-corrected chi connectivity index (χ0v) is 11.9. The van der Waals surface area contributed by atoms with Crippen molar-refractivity contribution in [1.29, 1.82) is 0 Å². The van der Waals surface area contributed by atoms with Gasteiger partial charge in [-0.05, 0) is 37.1 Å². The maximum atomic E-state index is 9.88. The highest BCUT2D eigenvalue weighted by atomic mass is 35.5. The van der Waals surface area contributed by atoms with Crippen molar-refractivity contribution in [3.05, 3.63) is 29.3 Å². The van der Waals surface area contributed by atoms with Crippen LogP contribution in [0.3, 0.4) is 0 Å². The smallest absolute Gasteiger partial charge is 0.0945 e. The van der Waals surface area contributed by atoms with E-state index in [2.05, 4.69) is 5.32 Å². The number of anilines is 1. The van der Waals surface area contributed by atoms with Gasteiger partial charge in [0.05, 0.1) is 18.8 Å². The summed E-state index contributed by atoms with van der Waals surface area (Å²) < 4.78 is 5.74. The van der Waals surface area contributed by atoms with Gasteiger partial charge in [-0.2, -0.15) is 0 Å². The number of nitrogens with one attached hydrogen (secondary N) is 1. The molecule has 0 aromatic heterocycles. The van der Waals surface area contributed by atoms with Gasteiger partial charge < -0.3 is 15.2 Å². The fourth-order valence-electron chi connectivity index (χ4n) is 2.34. The summed E-state index contributed by atoms with van der Waals surface area (Å²) in [6.07, 6.45) is 5.97. The largest absolute Gasteiger partial charge is 0.389 e. The molecule has 1 saturated carbocycles. The molecule has 1 fully saturated rings. The fraction of sp³-hybridized carbons (Fsp3) is 0.600. The average Bonchev–Trinajstić information content (AvgIpc) is 2.45. The minimum atomic E-state index is -0.474. The molecule has 1 aromatic rings. The van der Waals surface area contributed by atoms with Crippen molar-refractivity contribution in [2.45, 2.75) is 44.3 Å². The van der Waals surface area contributed by atoms with Crippen molar-refractivity contribution in [3.8, 4) is 0 Å². The van der Waals surface area contributed by atoms with Crippen LogP contribution in [0.15, 0.2) is 24.3 Å². The number of ether oxygens (including phenoxy) is 1. The quantitative estimate of drug-likeness (QED) is 0.840. The summed E-state index contributed by atoms with van der Waals surface area (Å²) in [5.74, 6) is 0. The second kappa shape index (κ2) is 7.73. The molecule has 2 rings (SSSR count). The summed E-state index contributed by atoms with van der Waals surface area (Å²) in [6, 6.07) is 7.46. The molecule has 1 aliphatic carbocycles. The first-order chi connectivity index (χ1) is 9.24. The molecule has 2 N–H and O–H groups in total. The van der Waals surface area contributed by atoms with Gasteiger partial charge in [0, 0.05) is 17.3 Å². The number of benzene rings is 1. The summed E-state index contributed by atoms with van der Waals surface area (Å²) in [7, 11) is 0. The molecule has 1 unspecified atom stereocenters. The third kappa shape index (κ3) is 5.39. The van der Waals surface area contributed by atoms with Crippen LogP contribution in [0.2, 0.25) is 5.02 Å². The minimum absolute atomic E-state index is 0.346. The molecule has 1 aliphatic rings. The predicted octanol–water partition coefficient (Wildman–Crippen LogP) is 3.46. The highest BCUT2D eigenvalue weighted by molar-refractivity contribution is 6.30. The van der Waals surface area contributed by atoms with Gasteiger partial charge in [0.25, 0.3) is 0 Å². The van der Waals surface area contributed by atoms with Gasteiger partial charge in [0.1, 0.15) is 0 Å². The summed E-state index contributed by atoms with van der Waals surface area (Å²) in [5, 5.41) is 13.8. The third-order valence-electron chi connectivity index (χ3n) is 3.46. The van der Waals surface area contributed by atoms with E-state index in [-0.39, 0.29) is 0 Å². The van der Waals surface area contributed by atoms with Crippen molar-refractivity contribution in [2.75, 3.05) is 18.5 Å². The van der Waals surface area contributed by atoms with Gasteiger partial charge in [-0.1, -0.05) is 30.9 Å². The Labute approximate surface area is 119 Å². The topological polar surface area (TPSA) is 41.5 Å². The van der Waals surface area contributed by atoms with Crippen LogP contribution < -0.4 is 5.32 Å². The number of halogens is 1. The lowest BCUT2D eigenvalue weighted by Crippen LogP contribution is -2.28. The molecular formula is C15H22ClNO2. The highest BCUT2D eigenvalue weighted by Crippen LogP contribution is 2.20. The normalized spacial score (nSPS) is 18.2. The molecule has 1 aromatic carbocycles. The average molecular weight is 284 g/mol. The van der Waals surface area contributed by atoms with Crippen LogP contribution in [0, 0.1) is 0 Å². The monoisotopic (exact) mass is 283 g/mol. The van der Waals surface area contributed by atoms with Crippen molar-refractivity contribution in [1.82, 2.24) is 0 Å². The fourth-order valence-corrected chi connectivity index (χ4v) is 2.47. The van der Waals surface area contributed by atoms with E-state index in [1.165, 1.54) is 19.3 Å². The number of aliphatic hydroxyl groups excluding tert-OH is 1. The third-order valence-corrected chi connectivity index (χ3v) is 3.71. The zero-order chi connectivity index (χ0) is 13.5. The van der Waals surface area contributed by atoms with E-state index < -0.39 is 6.10 Å². The molecule has 4 heteroatoms. The SMILES string of the molecule is OC(CNc1ccc(Cl)cc1)COC1CCCCC1. The lowest BCUT2D eigenvalue weighted by molar-refractivity contribution is -0.0195. The highest BCUT2D eigenvalue weighted by Gasteiger charge is 2.15. The Bertz CT molecular complexity index is 363. The molecule has 0 aliphatic heterocycles. The summed E-state index contributed by atoms with van der Waals surface area (Å²) >= 11 is 5.81. The van der Waals surface area contributed by atoms with E-state index in [9.17, 15) is 5.11 Å². The van der Waals surface area contributed by atoms with E-state index in [1.54, 1.807) is 0 Å². The Morgan fingerprint density at radius 2 is 1.89 bits per heavy atom. The van der Waals surface area contributed by atoms with E-state index in [0.717, 1.165) is 18.5 Å². The first-order valence-corrected chi connectivity index (χ1v) is 7.41. The number of rotatable bonds is 6. The van der Waals surface area contributed by atoms with Gasteiger partial charge in [0.2, 0.25) is 0 Å². The molecule has 0 saturated heterocycles. The molecule has 0 radical (unpaired) electrons. The van der Waals surface area contributed by atoms with Crippen LogP contribution in [-0.2, 0) is 4.74 Å². The van der Waals surface area contributed by atoms with E-state index in [1.807, 2.05) is 24.3 Å². The van der Waals surface area contributed by atoms with Crippen molar-refractivity contribution < 1.29 is 9.84 Å². The van der Waals surface area contributed by atoms with Crippen LogP contribution in [-0.4, -0.2) is 30.5 Å². The molecule has 19 heavy (non-hydrogen) atoms. The van der Waals surface area contributed by atoms with E-state index in [0.29, 0.717) is 24.3 Å². The maximum absolute atomic E-state index is 9.88. The predicted molar refractivity (Wildman–Crippen MR) is 78.8 cm³/mol. The second-order valence-corrected chi connectivity index (χ2v) is 5.57. The van der Waals surface area contributed by atoms with Crippen LogP contribution >= 0.6 is 11.6 Å². The number of hydrogen-bond donors (Lipinski definition) is 2. The van der Waals surface area contributed by atoms with Crippen LogP contribution in [0.25, 0.3) is 0 Å². The van der Waals surface area contributed by atoms with Gasteiger partial charge in [-0.3, -0.25) is 0 Å². The van der Waals surface area contributed by atoms with Crippen molar-refractivity contribution in [3.63, 3.8) is 0 Å². The lowest BCUT2D eigenvalue weighted by Gasteiger charge is -2.23. The molecular weight excluding hydrogens is 262 g/mol. The maximum Gasteiger partial charge on any atom is 0.0945 e. The Balaban J connectivity index is 1.63. The van der Waals surface area contributed by atoms with Crippen LogP contribution in [0.1, 0.15) is 32.1 Å². The first-order valence-electron chi connectivity index (χ1n) is 7.03. The zero-order valence-electron chi connectivity index (χ0n) is 11.1. The molecule has 0 spiro atoms. The standard InChI is InChI=1S/C15H22ClNO2/c16-12-6-8-13(9-7-12)17-10-14(18)11-19-15-4-2-1-3-5-15/h6-9,14-15,17-18H,1-5,10-11H2. The summed E-state index contributed by atoms with van der Waals surface area (Å²) in [6.45, 7) is 0.902. The summed E-state index contributed by atoms with van der Waals surface area (Å²) in [5.41, 5.74) is 0.959. The summed E-state index contributed by atoms with van der Waals surface area (Å²) in [4.78, 5) is 0. The number of hydrogen-bond acceptors (Lipinski definition) is 3. The van der Waals surface area contributed by atoms with Crippen molar-refractivity contribution >= 4 is 17.3 Å². The van der Waals surface area contributed by atoms with Crippen LogP contribution in [0.5, 0.6) is 0 Å². The number of aliphatic hydroxyl groups is 1. The minimum Gasteiger partial charge on any atom is -0.389 e. The lowest BCUT2D eigenvalue weighted by atomic mass is 9.98. The van der Waals surface area contributed by atoms with Crippen LogP contribution in [0.4, 0.5) is 5.69 Å². The Morgan fingerprint density at radius 1 is 1.21 bits per heavy atom. The Morgan fingerprint density at radius 3 is 2.58 bits per heavy atom.